The smallest absolute Gasteiger partial charge is 0.267 e. The van der Waals surface area contributed by atoms with Crippen molar-refractivity contribution in [2.45, 2.75) is 6.92 Å². The van der Waals surface area contributed by atoms with E-state index in [2.05, 4.69) is 15.2 Å². The van der Waals surface area contributed by atoms with E-state index in [1.807, 2.05) is 24.3 Å². The zero-order valence-corrected chi connectivity index (χ0v) is 13.5. The summed E-state index contributed by atoms with van der Waals surface area (Å²) in [6, 6.07) is 14.5. The van der Waals surface area contributed by atoms with Crippen molar-refractivity contribution < 1.29 is 0 Å². The van der Waals surface area contributed by atoms with Gasteiger partial charge < -0.3 is 0 Å². The molecule has 118 valence electrons. The van der Waals surface area contributed by atoms with Gasteiger partial charge in [-0.05, 0) is 25.1 Å². The van der Waals surface area contributed by atoms with Gasteiger partial charge in [-0.1, -0.05) is 41.9 Å². The molecule has 4 rings (SSSR count). The average molecular weight is 338 g/mol. The summed E-state index contributed by atoms with van der Waals surface area (Å²) in [5, 5.41) is 9.77. The molecule has 0 saturated carbocycles. The van der Waals surface area contributed by atoms with E-state index in [1.165, 1.54) is 9.19 Å². The van der Waals surface area contributed by atoms with E-state index in [-0.39, 0.29) is 5.56 Å². The van der Waals surface area contributed by atoms with Crippen molar-refractivity contribution in [3.05, 3.63) is 75.3 Å². The Kier molecular flexibility index (Phi) is 3.39. The summed E-state index contributed by atoms with van der Waals surface area (Å²) in [4.78, 5) is 17.1. The second-order valence-electron chi connectivity index (χ2n) is 5.27. The molecule has 24 heavy (non-hydrogen) atoms. The Morgan fingerprint density at radius 1 is 1.12 bits per heavy atom. The van der Waals surface area contributed by atoms with Gasteiger partial charge in [-0.25, -0.2) is 4.98 Å². The number of halogens is 1. The number of hydrogen-bond acceptors (Lipinski definition) is 4. The van der Waals surface area contributed by atoms with Crippen molar-refractivity contribution >= 4 is 34.5 Å². The SMILES string of the molecule is Cc1nn2c(=O)c3ccccc3nc2n1/N=C/c1ccccc1Cl. The molecule has 0 bridgehead atoms. The normalized spacial score (nSPS) is 11.8. The first-order valence-electron chi connectivity index (χ1n) is 7.31. The Labute approximate surface area is 141 Å². The molecule has 4 aromatic rings. The number of rotatable bonds is 2. The van der Waals surface area contributed by atoms with Gasteiger partial charge in [0.2, 0.25) is 0 Å². The van der Waals surface area contributed by atoms with Gasteiger partial charge in [0.1, 0.15) is 0 Å². The zero-order chi connectivity index (χ0) is 16.7. The predicted octanol–water partition coefficient (Wildman–Crippen LogP) is 2.89. The molecule has 0 amide bonds. The fourth-order valence-electron chi connectivity index (χ4n) is 2.51. The van der Waals surface area contributed by atoms with E-state index in [1.54, 1.807) is 37.4 Å². The monoisotopic (exact) mass is 337 g/mol. The highest BCUT2D eigenvalue weighted by Crippen LogP contribution is 2.14. The van der Waals surface area contributed by atoms with Crippen LogP contribution in [-0.4, -0.2) is 25.5 Å². The Morgan fingerprint density at radius 2 is 1.88 bits per heavy atom. The van der Waals surface area contributed by atoms with Crippen molar-refractivity contribution in [1.29, 1.82) is 0 Å². The van der Waals surface area contributed by atoms with Crippen LogP contribution < -0.4 is 5.56 Å². The summed E-state index contributed by atoms with van der Waals surface area (Å²) in [7, 11) is 0. The molecule has 0 unspecified atom stereocenters. The Hall–Kier alpha value is -2.99. The molecule has 0 atom stereocenters. The molecule has 0 radical (unpaired) electrons. The number of para-hydroxylation sites is 1. The molecule has 0 spiro atoms. The van der Waals surface area contributed by atoms with Crippen molar-refractivity contribution in [3.8, 4) is 0 Å². The van der Waals surface area contributed by atoms with Crippen molar-refractivity contribution in [1.82, 2.24) is 19.3 Å². The number of fused-ring (bicyclic) bond motifs is 2. The molecule has 0 saturated heterocycles. The summed E-state index contributed by atoms with van der Waals surface area (Å²) in [6.45, 7) is 1.77. The van der Waals surface area contributed by atoms with Gasteiger partial charge >= 0.3 is 0 Å². The molecule has 0 aliphatic rings. The molecule has 6 nitrogen and oxygen atoms in total. The highest BCUT2D eigenvalue weighted by Gasteiger charge is 2.12. The average Bonchev–Trinajstić information content (AvgIpc) is 2.90. The molecule has 0 fully saturated rings. The predicted molar refractivity (Wildman–Crippen MR) is 93.9 cm³/mol. The molecule has 0 aliphatic heterocycles. The summed E-state index contributed by atoms with van der Waals surface area (Å²) in [6.07, 6.45) is 1.62. The first kappa shape index (κ1) is 14.6. The van der Waals surface area contributed by atoms with Crippen LogP contribution >= 0.6 is 11.6 Å². The van der Waals surface area contributed by atoms with Crippen molar-refractivity contribution in [3.63, 3.8) is 0 Å². The molecule has 2 heterocycles. The molecule has 2 aromatic heterocycles. The van der Waals surface area contributed by atoms with E-state index in [9.17, 15) is 4.79 Å². The van der Waals surface area contributed by atoms with Crippen LogP contribution in [0.25, 0.3) is 16.7 Å². The number of nitrogens with zero attached hydrogens (tertiary/aromatic N) is 5. The van der Waals surface area contributed by atoms with Crippen molar-refractivity contribution in [2.24, 2.45) is 5.10 Å². The van der Waals surface area contributed by atoms with Gasteiger partial charge in [0.05, 0.1) is 17.1 Å². The van der Waals surface area contributed by atoms with Crippen LogP contribution in [0.1, 0.15) is 11.4 Å². The molecule has 0 aliphatic carbocycles. The van der Waals surface area contributed by atoms with E-state index in [0.29, 0.717) is 27.5 Å². The van der Waals surface area contributed by atoms with Gasteiger partial charge in [0, 0.05) is 10.6 Å². The Balaban J connectivity index is 1.94. The van der Waals surface area contributed by atoms with Crippen LogP contribution in [0, 0.1) is 6.92 Å². The minimum Gasteiger partial charge on any atom is -0.267 e. The third kappa shape index (κ3) is 2.28. The number of hydrogen-bond donors (Lipinski definition) is 0. The lowest BCUT2D eigenvalue weighted by molar-refractivity contribution is 0.847. The maximum atomic E-state index is 12.6. The Bertz CT molecular complexity index is 1160. The van der Waals surface area contributed by atoms with Crippen LogP contribution in [-0.2, 0) is 0 Å². The second-order valence-corrected chi connectivity index (χ2v) is 5.68. The van der Waals surface area contributed by atoms with E-state index < -0.39 is 0 Å². The number of aryl methyl sites for hydroxylation is 1. The summed E-state index contributed by atoms with van der Waals surface area (Å²) in [5.41, 5.74) is 1.16. The van der Waals surface area contributed by atoms with Gasteiger partial charge in [-0.3, -0.25) is 4.79 Å². The molecule has 0 N–H and O–H groups in total. The fourth-order valence-corrected chi connectivity index (χ4v) is 2.69. The van der Waals surface area contributed by atoms with Gasteiger partial charge in [-0.15, -0.1) is 5.10 Å². The van der Waals surface area contributed by atoms with Gasteiger partial charge in [0.25, 0.3) is 11.3 Å². The quantitative estimate of drug-likeness (QED) is 0.528. The topological polar surface area (TPSA) is 64.6 Å². The number of benzene rings is 2. The van der Waals surface area contributed by atoms with Gasteiger partial charge in [0.15, 0.2) is 5.82 Å². The van der Waals surface area contributed by atoms with E-state index >= 15 is 0 Å². The van der Waals surface area contributed by atoms with Crippen LogP contribution in [0.2, 0.25) is 5.02 Å². The highest BCUT2D eigenvalue weighted by molar-refractivity contribution is 6.33. The maximum Gasteiger partial charge on any atom is 0.283 e. The summed E-state index contributed by atoms with van der Waals surface area (Å²) >= 11 is 6.14. The maximum absolute atomic E-state index is 12.6. The van der Waals surface area contributed by atoms with Crippen molar-refractivity contribution in [2.75, 3.05) is 0 Å². The van der Waals surface area contributed by atoms with Crippen LogP contribution in [0.3, 0.4) is 0 Å². The third-order valence-electron chi connectivity index (χ3n) is 3.69. The fraction of sp³-hybridized carbons (Fsp3) is 0.0588. The van der Waals surface area contributed by atoms with Crippen LogP contribution in [0.5, 0.6) is 0 Å². The first-order chi connectivity index (χ1) is 11.6. The minimum atomic E-state index is -0.217. The molecule has 2 aromatic carbocycles. The van der Waals surface area contributed by atoms with Crippen LogP contribution in [0.15, 0.2) is 58.4 Å². The van der Waals surface area contributed by atoms with E-state index in [4.69, 9.17) is 11.6 Å². The van der Waals surface area contributed by atoms with E-state index in [0.717, 1.165) is 5.56 Å². The second kappa shape index (κ2) is 5.58. The van der Waals surface area contributed by atoms with Crippen LogP contribution in [0.4, 0.5) is 0 Å². The molecule has 7 heteroatoms. The lowest BCUT2D eigenvalue weighted by atomic mass is 10.2. The summed E-state index contributed by atoms with van der Waals surface area (Å²) < 4.78 is 2.79. The van der Waals surface area contributed by atoms with Gasteiger partial charge in [-0.2, -0.15) is 14.3 Å². The highest BCUT2D eigenvalue weighted by atomic mass is 35.5. The third-order valence-corrected chi connectivity index (χ3v) is 4.04. The minimum absolute atomic E-state index is 0.217. The summed E-state index contributed by atoms with van der Waals surface area (Å²) in [5.74, 6) is 0.915. The molecular weight excluding hydrogens is 326 g/mol. The largest absolute Gasteiger partial charge is 0.283 e. The first-order valence-corrected chi connectivity index (χ1v) is 7.69. The Morgan fingerprint density at radius 3 is 2.71 bits per heavy atom. The standard InChI is InChI=1S/C17H12ClN5O/c1-11-21-23-16(24)13-7-3-5-9-15(13)20-17(23)22(11)19-10-12-6-2-4-8-14(12)18/h2-10H,1H3/b19-10+. The number of aromatic nitrogens is 4. The zero-order valence-electron chi connectivity index (χ0n) is 12.7. The molecular formula is C17H12ClN5O. The lowest BCUT2D eigenvalue weighted by Gasteiger charge is -2.00. The lowest BCUT2D eigenvalue weighted by Crippen LogP contribution is -2.16.